The van der Waals surface area contributed by atoms with Crippen LogP contribution < -0.4 is 0 Å². The lowest BCUT2D eigenvalue weighted by atomic mass is 10.1. The van der Waals surface area contributed by atoms with Crippen LogP contribution in [-0.2, 0) is 4.84 Å². The molecular weight excluding hydrogens is 186 g/mol. The van der Waals surface area contributed by atoms with Gasteiger partial charge in [0.2, 0.25) is 0 Å². The maximum absolute atomic E-state index is 5.89. The van der Waals surface area contributed by atoms with Crippen LogP contribution in [0.15, 0.2) is 23.4 Å². The second-order valence-electron chi connectivity index (χ2n) is 2.94. The monoisotopic (exact) mass is 197 g/mol. The van der Waals surface area contributed by atoms with E-state index in [2.05, 4.69) is 11.9 Å². The summed E-state index contributed by atoms with van der Waals surface area (Å²) in [6, 6.07) is 5.78. The zero-order valence-electron chi connectivity index (χ0n) is 7.75. The first kappa shape index (κ1) is 10.1. The summed E-state index contributed by atoms with van der Waals surface area (Å²) < 4.78 is 0. The van der Waals surface area contributed by atoms with Crippen LogP contribution in [0.1, 0.15) is 24.2 Å². The van der Waals surface area contributed by atoms with E-state index in [1.165, 1.54) is 0 Å². The summed E-state index contributed by atoms with van der Waals surface area (Å²) in [5.41, 5.74) is 2.12. The molecule has 0 fully saturated rings. The minimum atomic E-state index is -0.102. The van der Waals surface area contributed by atoms with Gasteiger partial charge in [0.25, 0.3) is 0 Å². The molecule has 0 aliphatic heterocycles. The average molecular weight is 198 g/mol. The van der Waals surface area contributed by atoms with E-state index in [-0.39, 0.29) is 6.10 Å². The summed E-state index contributed by atoms with van der Waals surface area (Å²) in [6.07, 6.45) is -0.102. The van der Waals surface area contributed by atoms with Crippen molar-refractivity contribution in [1.29, 1.82) is 0 Å². The van der Waals surface area contributed by atoms with Crippen molar-refractivity contribution in [2.24, 2.45) is 5.16 Å². The van der Waals surface area contributed by atoms with Crippen molar-refractivity contribution < 1.29 is 4.84 Å². The zero-order valence-corrected chi connectivity index (χ0v) is 8.51. The molecule has 0 saturated heterocycles. The van der Waals surface area contributed by atoms with Crippen LogP contribution in [0.25, 0.3) is 0 Å². The van der Waals surface area contributed by atoms with Gasteiger partial charge in [-0.05, 0) is 37.1 Å². The van der Waals surface area contributed by atoms with Gasteiger partial charge in [0.05, 0.1) is 0 Å². The second-order valence-corrected chi connectivity index (χ2v) is 3.38. The molecule has 0 heterocycles. The molecule has 0 radical (unpaired) electrons. The molecule has 0 bridgehead atoms. The van der Waals surface area contributed by atoms with E-state index in [9.17, 15) is 0 Å². The molecule has 0 saturated carbocycles. The molecule has 1 aromatic carbocycles. The van der Waals surface area contributed by atoms with Crippen molar-refractivity contribution in [3.8, 4) is 0 Å². The van der Waals surface area contributed by atoms with Gasteiger partial charge in [0.15, 0.2) is 0 Å². The molecule has 70 valence electrons. The lowest BCUT2D eigenvalue weighted by molar-refractivity contribution is 0.0745. The fourth-order valence-corrected chi connectivity index (χ4v) is 1.47. The highest BCUT2D eigenvalue weighted by atomic mass is 35.5. The van der Waals surface area contributed by atoms with Crippen LogP contribution in [0.5, 0.6) is 0 Å². The first-order chi connectivity index (χ1) is 6.13. The van der Waals surface area contributed by atoms with E-state index in [0.29, 0.717) is 0 Å². The van der Waals surface area contributed by atoms with Crippen molar-refractivity contribution in [3.63, 3.8) is 0 Å². The summed E-state index contributed by atoms with van der Waals surface area (Å²) >= 11 is 5.89. The normalized spacial score (nSPS) is 12.2. The van der Waals surface area contributed by atoms with Crippen molar-refractivity contribution in [2.45, 2.75) is 20.0 Å². The molecule has 1 unspecified atom stereocenters. The van der Waals surface area contributed by atoms with Crippen LogP contribution in [-0.4, -0.2) is 6.72 Å². The minimum Gasteiger partial charge on any atom is -0.389 e. The molecule has 0 amide bonds. The van der Waals surface area contributed by atoms with Crippen LogP contribution in [0, 0.1) is 6.92 Å². The van der Waals surface area contributed by atoms with E-state index in [0.717, 1.165) is 16.1 Å². The number of benzene rings is 1. The van der Waals surface area contributed by atoms with Crippen molar-refractivity contribution in [1.82, 2.24) is 0 Å². The van der Waals surface area contributed by atoms with Crippen LogP contribution in [0.2, 0.25) is 5.02 Å². The Morgan fingerprint density at radius 1 is 1.46 bits per heavy atom. The van der Waals surface area contributed by atoms with E-state index in [1.807, 2.05) is 32.0 Å². The van der Waals surface area contributed by atoms with E-state index in [1.54, 1.807) is 0 Å². The molecule has 1 atom stereocenters. The topological polar surface area (TPSA) is 21.6 Å². The molecule has 13 heavy (non-hydrogen) atoms. The molecule has 1 aromatic rings. The predicted molar refractivity (Wildman–Crippen MR) is 55.2 cm³/mol. The Hall–Kier alpha value is -1.02. The Bertz CT molecular complexity index is 292. The van der Waals surface area contributed by atoms with Crippen LogP contribution >= 0.6 is 11.6 Å². The van der Waals surface area contributed by atoms with E-state index in [4.69, 9.17) is 16.4 Å². The molecule has 0 aliphatic carbocycles. The number of hydrogen-bond acceptors (Lipinski definition) is 2. The molecule has 2 nitrogen and oxygen atoms in total. The smallest absolute Gasteiger partial charge is 0.149 e. The number of rotatable bonds is 3. The third-order valence-corrected chi connectivity index (χ3v) is 1.98. The Kier molecular flexibility index (Phi) is 3.32. The van der Waals surface area contributed by atoms with Gasteiger partial charge in [-0.2, -0.15) is 0 Å². The summed E-state index contributed by atoms with van der Waals surface area (Å²) in [5, 5.41) is 4.10. The summed E-state index contributed by atoms with van der Waals surface area (Å²) in [5.74, 6) is 0. The number of nitrogens with zero attached hydrogens (tertiary/aromatic N) is 1. The molecule has 3 heteroatoms. The second kappa shape index (κ2) is 4.28. The minimum absolute atomic E-state index is 0.102. The maximum Gasteiger partial charge on any atom is 0.149 e. The first-order valence-corrected chi connectivity index (χ1v) is 4.40. The number of hydrogen-bond donors (Lipinski definition) is 0. The SMILES string of the molecule is C=NOC(C)c1cc(C)cc(Cl)c1. The standard InChI is InChI=1S/C10H12ClNO/c1-7-4-9(6-10(11)5-7)8(2)13-12-3/h4-6,8H,3H2,1-2H3. The van der Waals surface area contributed by atoms with Crippen LogP contribution in [0.3, 0.4) is 0 Å². The Morgan fingerprint density at radius 3 is 2.69 bits per heavy atom. The van der Waals surface area contributed by atoms with Gasteiger partial charge in [-0.25, -0.2) is 0 Å². The van der Waals surface area contributed by atoms with E-state index >= 15 is 0 Å². The Morgan fingerprint density at radius 2 is 2.15 bits per heavy atom. The van der Waals surface area contributed by atoms with Gasteiger partial charge in [-0.15, -0.1) is 5.16 Å². The van der Waals surface area contributed by atoms with Gasteiger partial charge in [0, 0.05) is 11.7 Å². The lowest BCUT2D eigenvalue weighted by Gasteiger charge is -2.10. The van der Waals surface area contributed by atoms with Gasteiger partial charge in [0.1, 0.15) is 6.10 Å². The molecule has 0 aliphatic rings. The molecular formula is C10H12ClNO. The number of oxime groups is 1. The summed E-state index contributed by atoms with van der Waals surface area (Å²) in [6.45, 7) is 7.16. The highest BCUT2D eigenvalue weighted by Gasteiger charge is 2.06. The first-order valence-electron chi connectivity index (χ1n) is 4.02. The van der Waals surface area contributed by atoms with Crippen molar-refractivity contribution in [3.05, 3.63) is 34.3 Å². The molecule has 0 spiro atoms. The van der Waals surface area contributed by atoms with E-state index < -0.39 is 0 Å². The fraction of sp³-hybridized carbons (Fsp3) is 0.300. The number of halogens is 1. The highest BCUT2D eigenvalue weighted by Crippen LogP contribution is 2.22. The van der Waals surface area contributed by atoms with Crippen LogP contribution in [0.4, 0.5) is 0 Å². The average Bonchev–Trinajstić information content (AvgIpc) is 2.03. The van der Waals surface area contributed by atoms with Gasteiger partial charge in [-0.3, -0.25) is 0 Å². The Labute approximate surface area is 83.2 Å². The largest absolute Gasteiger partial charge is 0.389 e. The molecule has 0 aromatic heterocycles. The van der Waals surface area contributed by atoms with Crippen molar-refractivity contribution >= 4 is 18.3 Å². The third kappa shape index (κ3) is 2.74. The quantitative estimate of drug-likeness (QED) is 0.538. The Balaban J connectivity index is 2.93. The number of aryl methyl sites for hydroxylation is 1. The van der Waals surface area contributed by atoms with Gasteiger partial charge < -0.3 is 4.84 Å². The van der Waals surface area contributed by atoms with Crippen molar-refractivity contribution in [2.75, 3.05) is 0 Å². The fourth-order valence-electron chi connectivity index (χ4n) is 1.17. The molecule has 0 N–H and O–H groups in total. The molecule has 1 rings (SSSR count). The summed E-state index contributed by atoms with van der Waals surface area (Å²) in [7, 11) is 0. The lowest BCUT2D eigenvalue weighted by Crippen LogP contribution is -1.95. The zero-order chi connectivity index (χ0) is 9.84. The van der Waals surface area contributed by atoms with Gasteiger partial charge in [-0.1, -0.05) is 17.7 Å². The summed E-state index contributed by atoms with van der Waals surface area (Å²) in [4.78, 5) is 4.99. The predicted octanol–water partition coefficient (Wildman–Crippen LogP) is 3.34. The van der Waals surface area contributed by atoms with Gasteiger partial charge >= 0.3 is 0 Å². The highest BCUT2D eigenvalue weighted by molar-refractivity contribution is 6.30. The maximum atomic E-state index is 5.89. The third-order valence-electron chi connectivity index (χ3n) is 1.77.